The van der Waals surface area contributed by atoms with Crippen LogP contribution >= 0.6 is 0 Å². The zero-order valence-electron chi connectivity index (χ0n) is 23.9. The summed E-state index contributed by atoms with van der Waals surface area (Å²) in [6.45, 7) is 5.74. The van der Waals surface area contributed by atoms with E-state index < -0.39 is 5.60 Å². The number of benzene rings is 2. The molecule has 0 amide bonds. The highest BCUT2D eigenvalue weighted by atomic mass is 16.6. The van der Waals surface area contributed by atoms with Gasteiger partial charge < -0.3 is 19.4 Å². The number of hydrogen-bond donors (Lipinski definition) is 1. The number of carbonyl (C=O) groups excluding carboxylic acids is 1. The molecule has 6 nitrogen and oxygen atoms in total. The van der Waals surface area contributed by atoms with Crippen molar-refractivity contribution in [3.63, 3.8) is 0 Å². The third kappa shape index (κ3) is 6.06. The predicted octanol–water partition coefficient (Wildman–Crippen LogP) is 6.67. The van der Waals surface area contributed by atoms with E-state index in [1.165, 1.54) is 17.6 Å². The Balaban J connectivity index is 1.25. The van der Waals surface area contributed by atoms with Gasteiger partial charge in [0.25, 0.3) is 0 Å². The topological polar surface area (TPSA) is 67.4 Å². The monoisotopic (exact) mass is 529 g/mol. The number of allylic oxidation sites excluding steroid dienone is 1. The highest BCUT2D eigenvalue weighted by Gasteiger charge is 2.48. The van der Waals surface area contributed by atoms with E-state index in [0.29, 0.717) is 5.92 Å². The molecule has 1 aromatic heterocycles. The fourth-order valence-electron chi connectivity index (χ4n) is 6.46. The Morgan fingerprint density at radius 3 is 2.72 bits per heavy atom. The number of aromatic amines is 1. The smallest absolute Gasteiger partial charge is 0.308 e. The molecule has 208 valence electrons. The first-order chi connectivity index (χ1) is 18.9. The van der Waals surface area contributed by atoms with Crippen LogP contribution in [0.15, 0.2) is 54.6 Å². The third-order valence-corrected chi connectivity index (χ3v) is 8.65. The van der Waals surface area contributed by atoms with Crippen molar-refractivity contribution in [1.29, 1.82) is 0 Å². The van der Waals surface area contributed by atoms with Gasteiger partial charge in [0, 0.05) is 25.3 Å². The summed E-state index contributed by atoms with van der Waals surface area (Å²) < 4.78 is 11.9. The normalized spacial score (nSPS) is 22.8. The van der Waals surface area contributed by atoms with Gasteiger partial charge >= 0.3 is 5.97 Å². The van der Waals surface area contributed by atoms with Gasteiger partial charge in [-0.05, 0) is 68.5 Å². The number of aryl methyl sites for hydroxylation is 1. The molecule has 3 atom stereocenters. The summed E-state index contributed by atoms with van der Waals surface area (Å²) in [5.41, 5.74) is 4.25. The summed E-state index contributed by atoms with van der Waals surface area (Å²) in [7, 11) is 3.86. The van der Waals surface area contributed by atoms with Gasteiger partial charge in [-0.1, -0.05) is 62.7 Å². The second-order valence-electron chi connectivity index (χ2n) is 11.8. The lowest BCUT2D eigenvalue weighted by Gasteiger charge is -2.44. The number of aromatic nitrogens is 2. The molecule has 0 unspecified atom stereocenters. The maximum Gasteiger partial charge on any atom is 0.308 e. The Kier molecular flexibility index (Phi) is 8.41. The number of H-pyrrole nitrogens is 1. The van der Waals surface area contributed by atoms with Gasteiger partial charge in [-0.25, -0.2) is 4.98 Å². The van der Waals surface area contributed by atoms with Crippen LogP contribution in [0.25, 0.3) is 16.6 Å². The van der Waals surface area contributed by atoms with E-state index in [0.717, 1.165) is 74.2 Å². The molecule has 2 aromatic carbocycles. The number of rotatable bonds is 11. The minimum Gasteiger partial charge on any atom is -0.494 e. The van der Waals surface area contributed by atoms with E-state index in [-0.39, 0.29) is 17.8 Å². The van der Waals surface area contributed by atoms with Crippen molar-refractivity contribution in [3.8, 4) is 5.75 Å². The summed E-state index contributed by atoms with van der Waals surface area (Å²) in [5.74, 6) is 2.29. The van der Waals surface area contributed by atoms with Gasteiger partial charge in [0.15, 0.2) is 0 Å². The maximum atomic E-state index is 13.0. The average Bonchev–Trinajstić information content (AvgIpc) is 3.14. The number of nitrogens with zero attached hydrogens (tertiary/aromatic N) is 2. The van der Waals surface area contributed by atoms with Crippen LogP contribution in [-0.4, -0.2) is 53.7 Å². The molecule has 39 heavy (non-hydrogen) atoms. The molecule has 0 aliphatic heterocycles. The molecule has 1 fully saturated rings. The van der Waals surface area contributed by atoms with E-state index in [4.69, 9.17) is 14.5 Å². The molecule has 1 heterocycles. The van der Waals surface area contributed by atoms with Gasteiger partial charge in [-0.2, -0.15) is 0 Å². The summed E-state index contributed by atoms with van der Waals surface area (Å²) in [4.78, 5) is 23.6. The number of imidazole rings is 1. The van der Waals surface area contributed by atoms with Crippen LogP contribution in [0, 0.1) is 17.8 Å². The summed E-state index contributed by atoms with van der Waals surface area (Å²) in [6.07, 6.45) is 9.55. The van der Waals surface area contributed by atoms with Crippen molar-refractivity contribution in [2.75, 3.05) is 27.2 Å². The fourth-order valence-corrected chi connectivity index (χ4v) is 6.46. The molecule has 0 saturated heterocycles. The molecule has 3 aromatic rings. The quantitative estimate of drug-likeness (QED) is 0.281. The predicted molar refractivity (Wildman–Crippen MR) is 157 cm³/mol. The minimum absolute atomic E-state index is 0.0693. The SMILES string of the molecule is COc1cccc2[nH]c(CCCN(C)CC[C@@]3(OC(=O)C(C)C)C[C@@H]4CCC[C@H]3C=C4c3ccccc3)nc12. The first-order valence-corrected chi connectivity index (χ1v) is 14.6. The van der Waals surface area contributed by atoms with Gasteiger partial charge in [-0.3, -0.25) is 4.79 Å². The standard InChI is InChI=1S/C33H43N3O3/c1-23(2)32(37)39-33(22-25-13-8-14-26(33)21-27(25)24-11-6-5-7-12-24)18-20-36(3)19-10-17-30-34-28-15-9-16-29(38-4)31(28)35-30/h5-7,9,11-12,15-16,21,23,25-26H,8,10,13-14,17-20,22H2,1-4H3,(H,34,35)/t25-,26-,33+/m0/s1. The Morgan fingerprint density at radius 1 is 1.13 bits per heavy atom. The molecule has 2 bridgehead atoms. The molecule has 3 aliphatic carbocycles. The molecule has 0 radical (unpaired) electrons. The lowest BCUT2D eigenvalue weighted by molar-refractivity contribution is -0.172. The van der Waals surface area contributed by atoms with Gasteiger partial charge in [0.1, 0.15) is 22.7 Å². The minimum atomic E-state index is -0.426. The summed E-state index contributed by atoms with van der Waals surface area (Å²) in [5, 5.41) is 0. The van der Waals surface area contributed by atoms with Crippen LogP contribution in [0.1, 0.15) is 63.8 Å². The zero-order valence-corrected chi connectivity index (χ0v) is 23.9. The van der Waals surface area contributed by atoms with Crippen molar-refractivity contribution in [3.05, 3.63) is 66.0 Å². The number of carbonyl (C=O) groups is 1. The van der Waals surface area contributed by atoms with Crippen LogP contribution in [0.5, 0.6) is 5.75 Å². The number of nitrogens with one attached hydrogen (secondary N) is 1. The maximum absolute atomic E-state index is 13.0. The highest BCUT2D eigenvalue weighted by molar-refractivity contribution is 5.81. The number of esters is 1. The molecular formula is C33H43N3O3. The first-order valence-electron chi connectivity index (χ1n) is 14.6. The summed E-state index contributed by atoms with van der Waals surface area (Å²) in [6, 6.07) is 16.7. The Bertz CT molecular complexity index is 1300. The molecule has 6 rings (SSSR count). The van der Waals surface area contributed by atoms with Gasteiger partial charge in [0.05, 0.1) is 18.5 Å². The molecular weight excluding hydrogens is 486 g/mol. The fraction of sp³-hybridized carbons (Fsp3) is 0.515. The largest absolute Gasteiger partial charge is 0.494 e. The Hall–Kier alpha value is -3.12. The Morgan fingerprint density at radius 2 is 1.95 bits per heavy atom. The molecule has 1 N–H and O–H groups in total. The average molecular weight is 530 g/mol. The zero-order chi connectivity index (χ0) is 27.4. The molecule has 6 heteroatoms. The number of hydrogen-bond acceptors (Lipinski definition) is 5. The van der Waals surface area contributed by atoms with Crippen molar-refractivity contribution in [2.45, 2.75) is 64.4 Å². The number of para-hydroxylation sites is 1. The van der Waals surface area contributed by atoms with Crippen LogP contribution < -0.4 is 4.74 Å². The van der Waals surface area contributed by atoms with E-state index in [9.17, 15) is 4.79 Å². The van der Waals surface area contributed by atoms with Gasteiger partial charge in [-0.15, -0.1) is 0 Å². The molecule has 0 spiro atoms. The van der Waals surface area contributed by atoms with E-state index in [1.807, 2.05) is 32.0 Å². The second kappa shape index (κ2) is 12.0. The number of fused-ring (bicyclic) bond motifs is 4. The Labute approximate surface area is 232 Å². The second-order valence-corrected chi connectivity index (χ2v) is 11.8. The van der Waals surface area contributed by atoms with Crippen molar-refractivity contribution in [2.24, 2.45) is 17.8 Å². The number of ether oxygens (including phenoxy) is 2. The van der Waals surface area contributed by atoms with Gasteiger partial charge in [0.2, 0.25) is 0 Å². The van der Waals surface area contributed by atoms with Crippen molar-refractivity contribution in [1.82, 2.24) is 14.9 Å². The first kappa shape index (κ1) is 27.4. The molecule has 3 aliphatic rings. The van der Waals surface area contributed by atoms with E-state index in [2.05, 4.69) is 53.3 Å². The molecule has 1 saturated carbocycles. The third-order valence-electron chi connectivity index (χ3n) is 8.65. The van der Waals surface area contributed by atoms with Crippen LogP contribution in [0.4, 0.5) is 0 Å². The van der Waals surface area contributed by atoms with Crippen molar-refractivity contribution < 1.29 is 14.3 Å². The van der Waals surface area contributed by atoms with Crippen molar-refractivity contribution >= 4 is 22.6 Å². The lowest BCUT2D eigenvalue weighted by Crippen LogP contribution is -2.47. The highest BCUT2D eigenvalue weighted by Crippen LogP contribution is 2.51. The van der Waals surface area contributed by atoms with E-state index in [1.54, 1.807) is 7.11 Å². The van der Waals surface area contributed by atoms with E-state index >= 15 is 0 Å². The number of methoxy groups -OCH3 is 1. The van der Waals surface area contributed by atoms with Crippen LogP contribution in [0.3, 0.4) is 0 Å². The van der Waals surface area contributed by atoms with Crippen LogP contribution in [-0.2, 0) is 16.0 Å². The summed E-state index contributed by atoms with van der Waals surface area (Å²) >= 11 is 0. The lowest BCUT2D eigenvalue weighted by atomic mass is 9.69. The van der Waals surface area contributed by atoms with Crippen LogP contribution in [0.2, 0.25) is 0 Å².